The van der Waals surface area contributed by atoms with Crippen LogP contribution in [0.2, 0.25) is 0 Å². The van der Waals surface area contributed by atoms with Crippen LogP contribution in [-0.2, 0) is 0 Å². The molecular formula is C5H5BrN2O. The highest BCUT2D eigenvalue weighted by atomic mass is 79.9. The first-order valence-electron chi connectivity index (χ1n) is 2.33. The van der Waals surface area contributed by atoms with Gasteiger partial charge in [-0.3, -0.25) is 5.41 Å². The zero-order valence-corrected chi connectivity index (χ0v) is 6.09. The van der Waals surface area contributed by atoms with Crippen LogP contribution in [-0.4, -0.2) is 9.94 Å². The summed E-state index contributed by atoms with van der Waals surface area (Å²) in [5, 5.41) is 15.9. The summed E-state index contributed by atoms with van der Waals surface area (Å²) in [6.45, 7) is 0. The van der Waals surface area contributed by atoms with Gasteiger partial charge in [0.15, 0.2) is 5.49 Å². The maximum Gasteiger partial charge on any atom is 0.174 e. The molecule has 1 aromatic rings. The fourth-order valence-corrected chi connectivity index (χ4v) is 0.806. The largest absolute Gasteiger partial charge is 0.427 e. The number of nitrogens with one attached hydrogen (secondary N) is 1. The van der Waals surface area contributed by atoms with Crippen LogP contribution < -0.4 is 5.49 Å². The molecule has 0 aromatic carbocycles. The minimum absolute atomic E-state index is 0.0532. The van der Waals surface area contributed by atoms with Crippen LogP contribution in [0.4, 0.5) is 0 Å². The Kier molecular flexibility index (Phi) is 1.57. The molecule has 1 heterocycles. The van der Waals surface area contributed by atoms with Gasteiger partial charge < -0.3 is 5.21 Å². The molecule has 0 spiro atoms. The van der Waals surface area contributed by atoms with Crippen molar-refractivity contribution in [1.29, 1.82) is 5.41 Å². The molecule has 4 heteroatoms. The molecule has 0 radical (unpaired) electrons. The average Bonchev–Trinajstić information content (AvgIpc) is 1.83. The summed E-state index contributed by atoms with van der Waals surface area (Å²) in [4.78, 5) is 0. The molecule has 1 rings (SSSR count). The first-order chi connectivity index (χ1) is 4.22. The lowest BCUT2D eigenvalue weighted by molar-refractivity contribution is 0.169. The van der Waals surface area contributed by atoms with Gasteiger partial charge in [0.1, 0.15) is 0 Å². The number of rotatable bonds is 0. The lowest BCUT2D eigenvalue weighted by Crippen LogP contribution is -2.16. The van der Waals surface area contributed by atoms with Gasteiger partial charge in [-0.2, -0.15) is 4.73 Å². The van der Waals surface area contributed by atoms with Gasteiger partial charge in [0, 0.05) is 6.20 Å². The molecule has 48 valence electrons. The van der Waals surface area contributed by atoms with Crippen molar-refractivity contribution in [3.05, 3.63) is 28.3 Å². The fourth-order valence-electron chi connectivity index (χ4n) is 0.472. The van der Waals surface area contributed by atoms with E-state index in [0.29, 0.717) is 4.47 Å². The molecule has 2 N–H and O–H groups in total. The van der Waals surface area contributed by atoms with E-state index in [1.807, 2.05) is 0 Å². The minimum Gasteiger partial charge on any atom is -0.427 e. The van der Waals surface area contributed by atoms with E-state index in [4.69, 9.17) is 10.6 Å². The molecule has 3 nitrogen and oxygen atoms in total. The Labute approximate surface area is 60.2 Å². The predicted octanol–water partition coefficient (Wildman–Crippen LogP) is 0.967. The van der Waals surface area contributed by atoms with Gasteiger partial charge in [-0.15, -0.1) is 0 Å². The first-order valence-corrected chi connectivity index (χ1v) is 3.12. The highest BCUT2D eigenvalue weighted by molar-refractivity contribution is 9.10. The van der Waals surface area contributed by atoms with Gasteiger partial charge >= 0.3 is 0 Å². The summed E-state index contributed by atoms with van der Waals surface area (Å²) in [5.41, 5.74) is 0.0532. The van der Waals surface area contributed by atoms with Crippen molar-refractivity contribution in [3.63, 3.8) is 0 Å². The normalized spacial score (nSPS) is 9.44. The third kappa shape index (κ3) is 1.13. The lowest BCUT2D eigenvalue weighted by Gasteiger charge is -1.95. The number of halogens is 1. The van der Waals surface area contributed by atoms with Crippen molar-refractivity contribution in [2.24, 2.45) is 0 Å². The third-order valence-electron chi connectivity index (χ3n) is 0.925. The molecule has 0 unspecified atom stereocenters. The summed E-state index contributed by atoms with van der Waals surface area (Å²) in [5.74, 6) is 0. The molecule has 0 aliphatic carbocycles. The Morgan fingerprint density at radius 2 is 2.33 bits per heavy atom. The molecule has 0 aliphatic heterocycles. The van der Waals surface area contributed by atoms with Gasteiger partial charge in [0.25, 0.3) is 0 Å². The number of pyridine rings is 1. The van der Waals surface area contributed by atoms with E-state index >= 15 is 0 Å². The van der Waals surface area contributed by atoms with Crippen LogP contribution in [0.5, 0.6) is 0 Å². The van der Waals surface area contributed by atoms with Crippen LogP contribution in [0.15, 0.2) is 22.8 Å². The van der Waals surface area contributed by atoms with Gasteiger partial charge in [-0.05, 0) is 28.1 Å². The Balaban J connectivity index is 3.43. The second kappa shape index (κ2) is 2.23. The molecular weight excluding hydrogens is 184 g/mol. The minimum atomic E-state index is 0.0532. The van der Waals surface area contributed by atoms with E-state index in [1.165, 1.54) is 6.20 Å². The highest BCUT2D eigenvalue weighted by Crippen LogP contribution is 1.98. The van der Waals surface area contributed by atoms with Crippen molar-refractivity contribution in [2.45, 2.75) is 0 Å². The Bertz CT molecular complexity index is 245. The van der Waals surface area contributed by atoms with Crippen LogP contribution in [0.1, 0.15) is 0 Å². The van der Waals surface area contributed by atoms with Gasteiger partial charge in [-0.25, -0.2) is 0 Å². The standard InChI is InChI=1S/C5H5BrN2O/c6-4-2-1-3-8(9)5(4)7/h1-3,7,9H. The third-order valence-corrected chi connectivity index (χ3v) is 1.57. The van der Waals surface area contributed by atoms with Gasteiger partial charge in [0.05, 0.1) is 4.47 Å². The molecule has 0 atom stereocenters. The average molecular weight is 189 g/mol. The highest BCUT2D eigenvalue weighted by Gasteiger charge is 1.90. The molecule has 1 aromatic heterocycles. The van der Waals surface area contributed by atoms with Crippen molar-refractivity contribution in [3.8, 4) is 0 Å². The first kappa shape index (κ1) is 6.35. The lowest BCUT2D eigenvalue weighted by atomic mass is 10.5. The molecule has 0 amide bonds. The molecule has 0 saturated carbocycles. The van der Waals surface area contributed by atoms with Crippen LogP contribution in [0.3, 0.4) is 0 Å². The van der Waals surface area contributed by atoms with Crippen molar-refractivity contribution >= 4 is 15.9 Å². The van der Waals surface area contributed by atoms with E-state index in [9.17, 15) is 0 Å². The zero-order valence-electron chi connectivity index (χ0n) is 4.50. The topological polar surface area (TPSA) is 49.0 Å². The van der Waals surface area contributed by atoms with Crippen molar-refractivity contribution in [2.75, 3.05) is 0 Å². The number of hydrogen-bond acceptors (Lipinski definition) is 2. The maximum atomic E-state index is 8.80. The van der Waals surface area contributed by atoms with E-state index in [2.05, 4.69) is 15.9 Å². The number of nitrogens with zero attached hydrogens (tertiary/aromatic N) is 1. The van der Waals surface area contributed by atoms with Gasteiger partial charge in [-0.1, -0.05) is 0 Å². The van der Waals surface area contributed by atoms with Crippen LogP contribution >= 0.6 is 15.9 Å². The summed E-state index contributed by atoms with van der Waals surface area (Å²) < 4.78 is 1.32. The summed E-state index contributed by atoms with van der Waals surface area (Å²) in [6, 6.07) is 3.33. The molecule has 0 fully saturated rings. The number of hydrogen-bond donors (Lipinski definition) is 2. The molecule has 0 saturated heterocycles. The summed E-state index contributed by atoms with van der Waals surface area (Å²) in [6.07, 6.45) is 1.40. The van der Waals surface area contributed by atoms with E-state index < -0.39 is 0 Å². The van der Waals surface area contributed by atoms with Crippen molar-refractivity contribution in [1.82, 2.24) is 4.73 Å². The van der Waals surface area contributed by atoms with Crippen LogP contribution in [0, 0.1) is 5.41 Å². The Morgan fingerprint density at radius 1 is 1.67 bits per heavy atom. The van der Waals surface area contributed by atoms with E-state index in [1.54, 1.807) is 12.1 Å². The van der Waals surface area contributed by atoms with Crippen molar-refractivity contribution < 1.29 is 5.21 Å². The van der Waals surface area contributed by atoms with E-state index in [-0.39, 0.29) is 5.49 Å². The zero-order chi connectivity index (χ0) is 6.85. The van der Waals surface area contributed by atoms with E-state index in [0.717, 1.165) is 4.73 Å². The molecule has 0 bridgehead atoms. The molecule has 0 aliphatic rings. The maximum absolute atomic E-state index is 8.80. The smallest absolute Gasteiger partial charge is 0.174 e. The SMILES string of the molecule is N=c1c(Br)cccn1O. The van der Waals surface area contributed by atoms with Crippen LogP contribution in [0.25, 0.3) is 0 Å². The summed E-state index contributed by atoms with van der Waals surface area (Å²) in [7, 11) is 0. The summed E-state index contributed by atoms with van der Waals surface area (Å²) >= 11 is 3.08. The predicted molar refractivity (Wildman–Crippen MR) is 35.2 cm³/mol. The molecule has 9 heavy (non-hydrogen) atoms. The second-order valence-electron chi connectivity index (χ2n) is 1.55. The number of aromatic nitrogens is 1. The Hall–Kier alpha value is -0.770. The quantitative estimate of drug-likeness (QED) is 0.587. The monoisotopic (exact) mass is 188 g/mol. The second-order valence-corrected chi connectivity index (χ2v) is 2.40. The Morgan fingerprint density at radius 3 is 2.78 bits per heavy atom. The van der Waals surface area contributed by atoms with Gasteiger partial charge in [0.2, 0.25) is 0 Å². The fraction of sp³-hybridized carbons (Fsp3) is 0.